The second-order valence-electron chi connectivity index (χ2n) is 7.17. The highest BCUT2D eigenvalue weighted by Crippen LogP contribution is 2.26. The third-order valence-electron chi connectivity index (χ3n) is 4.94. The zero-order chi connectivity index (χ0) is 21.7. The van der Waals surface area contributed by atoms with Crippen LogP contribution in [-0.4, -0.2) is 43.2 Å². The summed E-state index contributed by atoms with van der Waals surface area (Å²) in [6.07, 6.45) is 1.68. The minimum atomic E-state index is -3.56. The first-order chi connectivity index (χ1) is 14.3. The molecule has 1 aliphatic rings. The molecule has 1 saturated heterocycles. The van der Waals surface area contributed by atoms with Gasteiger partial charge in [0.25, 0.3) is 5.91 Å². The smallest absolute Gasteiger partial charge is 0.310 e. The lowest BCUT2D eigenvalue weighted by molar-refractivity contribution is -0.385. The average molecular weight is 433 g/mol. The maximum atomic E-state index is 12.7. The highest BCUT2D eigenvalue weighted by molar-refractivity contribution is 7.89. The number of para-hydroxylation sites is 2. The molecule has 0 bridgehead atoms. The number of carbonyl (C=O) groups is 1. The number of nitrogens with one attached hydrogen (secondary N) is 1. The van der Waals surface area contributed by atoms with Crippen molar-refractivity contribution in [1.82, 2.24) is 4.31 Å². The summed E-state index contributed by atoms with van der Waals surface area (Å²) in [6, 6.07) is 11.7. The average Bonchev–Trinajstić information content (AvgIpc) is 2.73. The Morgan fingerprint density at radius 1 is 1.17 bits per heavy atom. The van der Waals surface area contributed by atoms with E-state index in [0.717, 1.165) is 12.8 Å². The number of benzene rings is 2. The number of amides is 1. The number of nitro groups is 1. The number of piperidine rings is 1. The van der Waals surface area contributed by atoms with Gasteiger partial charge in [0.1, 0.15) is 0 Å². The van der Waals surface area contributed by atoms with E-state index in [1.165, 1.54) is 46.8 Å². The second-order valence-corrected chi connectivity index (χ2v) is 9.11. The molecule has 0 saturated carbocycles. The number of rotatable bonds is 7. The molecular weight excluding hydrogens is 410 g/mol. The van der Waals surface area contributed by atoms with Crippen molar-refractivity contribution >= 4 is 27.3 Å². The van der Waals surface area contributed by atoms with Crippen LogP contribution < -0.4 is 10.1 Å². The van der Waals surface area contributed by atoms with Crippen LogP contribution in [0.2, 0.25) is 0 Å². The van der Waals surface area contributed by atoms with Crippen molar-refractivity contribution < 1.29 is 22.9 Å². The monoisotopic (exact) mass is 433 g/mol. The fourth-order valence-electron chi connectivity index (χ4n) is 3.15. The molecule has 0 atom stereocenters. The lowest BCUT2D eigenvalue weighted by Crippen LogP contribution is -2.37. The van der Waals surface area contributed by atoms with Gasteiger partial charge in [-0.2, -0.15) is 4.31 Å². The minimum Gasteiger partial charge on any atom is -0.477 e. The maximum Gasteiger partial charge on any atom is 0.310 e. The molecule has 0 radical (unpaired) electrons. The molecule has 30 heavy (non-hydrogen) atoms. The van der Waals surface area contributed by atoms with Crippen LogP contribution in [-0.2, 0) is 14.8 Å². The van der Waals surface area contributed by atoms with Gasteiger partial charge in [-0.15, -0.1) is 0 Å². The quantitative estimate of drug-likeness (QED) is 0.529. The summed E-state index contributed by atoms with van der Waals surface area (Å²) in [5.41, 5.74) is 0.171. The summed E-state index contributed by atoms with van der Waals surface area (Å²) in [5, 5.41) is 13.6. The predicted octanol–water partition coefficient (Wildman–Crippen LogP) is 3.03. The number of hydrogen-bond acceptors (Lipinski definition) is 6. The van der Waals surface area contributed by atoms with E-state index in [4.69, 9.17) is 4.74 Å². The highest BCUT2D eigenvalue weighted by atomic mass is 32.2. The van der Waals surface area contributed by atoms with Crippen molar-refractivity contribution in [3.8, 4) is 5.75 Å². The molecule has 0 aliphatic carbocycles. The van der Waals surface area contributed by atoms with Crippen molar-refractivity contribution in [2.24, 2.45) is 5.92 Å². The highest BCUT2D eigenvalue weighted by Gasteiger charge is 2.28. The molecule has 160 valence electrons. The molecular formula is C20H23N3O6S. The van der Waals surface area contributed by atoms with Crippen molar-refractivity contribution in [3.63, 3.8) is 0 Å². The molecule has 0 aromatic heterocycles. The first kappa shape index (κ1) is 21.7. The summed E-state index contributed by atoms with van der Waals surface area (Å²) < 4.78 is 32.2. The van der Waals surface area contributed by atoms with Crippen LogP contribution in [0.4, 0.5) is 11.4 Å². The van der Waals surface area contributed by atoms with Gasteiger partial charge in [-0.25, -0.2) is 8.42 Å². The van der Waals surface area contributed by atoms with E-state index in [0.29, 0.717) is 24.7 Å². The van der Waals surface area contributed by atoms with Crippen LogP contribution in [0.25, 0.3) is 0 Å². The molecule has 1 amide bonds. The van der Waals surface area contributed by atoms with Crippen molar-refractivity contribution in [1.29, 1.82) is 0 Å². The zero-order valence-corrected chi connectivity index (χ0v) is 17.3. The molecule has 0 spiro atoms. The van der Waals surface area contributed by atoms with Gasteiger partial charge in [-0.1, -0.05) is 19.1 Å². The lowest BCUT2D eigenvalue weighted by atomic mass is 10.0. The maximum absolute atomic E-state index is 12.7. The number of ether oxygens (including phenoxy) is 1. The van der Waals surface area contributed by atoms with E-state index >= 15 is 0 Å². The minimum absolute atomic E-state index is 0.00468. The third kappa shape index (κ3) is 5.14. The molecule has 2 aromatic carbocycles. The van der Waals surface area contributed by atoms with Gasteiger partial charge in [-0.05, 0) is 49.1 Å². The van der Waals surface area contributed by atoms with Crippen LogP contribution in [0.1, 0.15) is 19.8 Å². The number of carbonyl (C=O) groups excluding carboxylic acids is 1. The van der Waals surface area contributed by atoms with E-state index < -0.39 is 27.5 Å². The second kappa shape index (κ2) is 9.23. The lowest BCUT2D eigenvalue weighted by Gasteiger charge is -2.29. The molecule has 0 unspecified atom stereocenters. The Morgan fingerprint density at radius 3 is 2.43 bits per heavy atom. The Kier molecular flexibility index (Phi) is 6.68. The van der Waals surface area contributed by atoms with Crippen molar-refractivity contribution in [3.05, 3.63) is 58.6 Å². The Balaban J connectivity index is 1.59. The molecule has 9 nitrogen and oxygen atoms in total. The van der Waals surface area contributed by atoms with Crippen molar-refractivity contribution in [2.75, 3.05) is 25.0 Å². The molecule has 3 rings (SSSR count). The first-order valence-electron chi connectivity index (χ1n) is 9.53. The van der Waals surface area contributed by atoms with Gasteiger partial charge >= 0.3 is 5.69 Å². The van der Waals surface area contributed by atoms with Crippen LogP contribution in [0.15, 0.2) is 53.4 Å². The molecule has 10 heteroatoms. The molecule has 2 aromatic rings. The Hall–Kier alpha value is -2.98. The van der Waals surface area contributed by atoms with Crippen LogP contribution in [0, 0.1) is 16.0 Å². The molecule has 1 aliphatic heterocycles. The van der Waals surface area contributed by atoms with E-state index in [-0.39, 0.29) is 16.3 Å². The summed E-state index contributed by atoms with van der Waals surface area (Å²) in [5.74, 6) is -0.00250. The number of anilines is 1. The molecule has 1 heterocycles. The summed E-state index contributed by atoms with van der Waals surface area (Å²) >= 11 is 0. The standard InChI is InChI=1S/C20H23N3O6S/c1-15-10-12-22(13-11-15)30(27,28)17-8-6-16(7-9-17)21-20(24)14-29-19-5-3-2-4-18(19)23(25)26/h2-9,15H,10-14H2,1H3,(H,21,24). The van der Waals surface area contributed by atoms with Gasteiger partial charge in [-0.3, -0.25) is 14.9 Å². The van der Waals surface area contributed by atoms with Crippen LogP contribution in [0.5, 0.6) is 5.75 Å². The Bertz CT molecular complexity index is 1020. The normalized spacial score (nSPS) is 15.5. The fraction of sp³-hybridized carbons (Fsp3) is 0.350. The van der Waals surface area contributed by atoms with Gasteiger partial charge in [0.05, 0.1) is 9.82 Å². The number of sulfonamides is 1. The number of hydrogen-bond donors (Lipinski definition) is 1. The predicted molar refractivity (Wildman–Crippen MR) is 111 cm³/mol. The summed E-state index contributed by atoms with van der Waals surface area (Å²) in [6.45, 7) is 2.70. The first-order valence-corrected chi connectivity index (χ1v) is 11.0. The number of nitro benzene ring substituents is 1. The third-order valence-corrected chi connectivity index (χ3v) is 6.85. The Morgan fingerprint density at radius 2 is 1.80 bits per heavy atom. The Labute approximate surface area is 174 Å². The van der Waals surface area contributed by atoms with E-state index in [2.05, 4.69) is 12.2 Å². The SMILES string of the molecule is CC1CCN(S(=O)(=O)c2ccc(NC(=O)COc3ccccc3[N+](=O)[O-])cc2)CC1. The van der Waals surface area contributed by atoms with Gasteiger partial charge in [0.15, 0.2) is 12.4 Å². The van der Waals surface area contributed by atoms with Crippen molar-refractivity contribution in [2.45, 2.75) is 24.7 Å². The summed E-state index contributed by atoms with van der Waals surface area (Å²) in [4.78, 5) is 22.7. The fourth-order valence-corrected chi connectivity index (χ4v) is 4.62. The topological polar surface area (TPSA) is 119 Å². The van der Waals surface area contributed by atoms with E-state index in [1.807, 2.05) is 0 Å². The van der Waals surface area contributed by atoms with Gasteiger partial charge in [0.2, 0.25) is 10.0 Å². The van der Waals surface area contributed by atoms with Crippen LogP contribution in [0.3, 0.4) is 0 Å². The summed E-state index contributed by atoms with van der Waals surface area (Å²) in [7, 11) is -3.56. The zero-order valence-electron chi connectivity index (χ0n) is 16.5. The van der Waals surface area contributed by atoms with Crippen LogP contribution >= 0.6 is 0 Å². The molecule has 1 N–H and O–H groups in total. The van der Waals surface area contributed by atoms with E-state index in [1.54, 1.807) is 6.07 Å². The molecule has 1 fully saturated rings. The number of nitrogens with zero attached hydrogens (tertiary/aromatic N) is 2. The largest absolute Gasteiger partial charge is 0.477 e. The van der Waals surface area contributed by atoms with Gasteiger partial charge < -0.3 is 10.1 Å². The van der Waals surface area contributed by atoms with Gasteiger partial charge in [0, 0.05) is 24.8 Å². The van der Waals surface area contributed by atoms with E-state index in [9.17, 15) is 23.3 Å².